The fourth-order valence-corrected chi connectivity index (χ4v) is 1.74. The van der Waals surface area contributed by atoms with Crippen molar-refractivity contribution in [1.29, 1.82) is 0 Å². The molecule has 1 aromatic carbocycles. The molecule has 0 radical (unpaired) electrons. The lowest BCUT2D eigenvalue weighted by Gasteiger charge is -2.13. The zero-order valence-corrected chi connectivity index (χ0v) is 11.2. The second kappa shape index (κ2) is 5.75. The number of thiol groups is 1. The predicted molar refractivity (Wildman–Crippen MR) is 75.2 cm³/mol. The van der Waals surface area contributed by atoms with E-state index < -0.39 is 0 Å². The van der Waals surface area contributed by atoms with Crippen LogP contribution in [0.3, 0.4) is 0 Å². The van der Waals surface area contributed by atoms with E-state index in [0.29, 0.717) is 11.8 Å². The number of hydrogen-bond acceptors (Lipinski definition) is 3. The zero-order chi connectivity index (χ0) is 10.7. The monoisotopic (exact) mass is 275 g/mol. The van der Waals surface area contributed by atoms with Gasteiger partial charge in [-0.15, -0.1) is 12.4 Å². The van der Waals surface area contributed by atoms with Crippen molar-refractivity contribution in [2.24, 2.45) is 0 Å². The smallest absolute Gasteiger partial charge is 0.258 e. The predicted octanol–water partition coefficient (Wildman–Crippen LogP) is 2.92. The molecule has 1 N–H and O–H groups in total. The lowest BCUT2D eigenvalue weighted by Crippen LogP contribution is -2.32. The van der Waals surface area contributed by atoms with Gasteiger partial charge in [-0.3, -0.25) is 0 Å². The molecular formula is C11H14ClNOS2. The highest BCUT2D eigenvalue weighted by molar-refractivity contribution is 7.82. The van der Waals surface area contributed by atoms with Crippen LogP contribution in [0.25, 0.3) is 0 Å². The molecule has 0 aromatic heterocycles. The molecule has 1 fully saturated rings. The largest absolute Gasteiger partial charge is 0.466 e. The van der Waals surface area contributed by atoms with E-state index in [1.807, 2.05) is 30.3 Å². The van der Waals surface area contributed by atoms with Crippen molar-refractivity contribution >= 4 is 42.4 Å². The highest BCUT2D eigenvalue weighted by Gasteiger charge is 2.39. The van der Waals surface area contributed by atoms with E-state index in [9.17, 15) is 0 Å². The molecule has 0 bridgehead atoms. The summed E-state index contributed by atoms with van der Waals surface area (Å²) >= 11 is 9.47. The fourth-order valence-electron chi connectivity index (χ4n) is 1.19. The minimum atomic E-state index is -0.103. The second-order valence-electron chi connectivity index (χ2n) is 3.72. The van der Waals surface area contributed by atoms with Gasteiger partial charge in [0.1, 0.15) is 6.61 Å². The van der Waals surface area contributed by atoms with E-state index in [0.717, 1.165) is 18.4 Å². The topological polar surface area (TPSA) is 21.3 Å². The first kappa shape index (κ1) is 13.6. The molecule has 0 unspecified atom stereocenters. The van der Waals surface area contributed by atoms with Gasteiger partial charge >= 0.3 is 0 Å². The first-order valence-electron chi connectivity index (χ1n) is 4.89. The van der Waals surface area contributed by atoms with Crippen LogP contribution in [0.15, 0.2) is 30.3 Å². The molecule has 0 saturated heterocycles. The molecule has 0 aliphatic heterocycles. The molecule has 1 aromatic rings. The summed E-state index contributed by atoms with van der Waals surface area (Å²) in [7, 11) is 0. The molecule has 16 heavy (non-hydrogen) atoms. The Kier molecular flexibility index (Phi) is 4.89. The lowest BCUT2D eigenvalue weighted by atomic mass is 10.2. The summed E-state index contributed by atoms with van der Waals surface area (Å²) in [5.41, 5.74) is 1.12. The van der Waals surface area contributed by atoms with Crippen LogP contribution in [0.5, 0.6) is 0 Å². The Morgan fingerprint density at radius 1 is 1.38 bits per heavy atom. The van der Waals surface area contributed by atoms with Crippen molar-refractivity contribution in [2.45, 2.75) is 24.3 Å². The van der Waals surface area contributed by atoms with Crippen molar-refractivity contribution in [1.82, 2.24) is 5.32 Å². The van der Waals surface area contributed by atoms with Crippen molar-refractivity contribution in [3.8, 4) is 0 Å². The summed E-state index contributed by atoms with van der Waals surface area (Å²) in [6.07, 6.45) is 2.09. The molecule has 0 spiro atoms. The number of thiocarbonyl (C=S) groups is 1. The van der Waals surface area contributed by atoms with Crippen molar-refractivity contribution < 1.29 is 4.74 Å². The van der Waals surface area contributed by atoms with Crippen LogP contribution in [0, 0.1) is 0 Å². The first-order chi connectivity index (χ1) is 7.18. The minimum absolute atomic E-state index is 0. The first-order valence-corrected chi connectivity index (χ1v) is 5.75. The van der Waals surface area contributed by atoms with Crippen LogP contribution in [0.4, 0.5) is 0 Å². The van der Waals surface area contributed by atoms with Crippen LogP contribution in [0.2, 0.25) is 0 Å². The standard InChI is InChI=1S/C11H13NOS2.ClH/c14-10(12-11(15)6-7-11)13-8-9-4-2-1-3-5-9;/h1-5,15H,6-8H2,(H,12,14);1H. The third-order valence-electron chi connectivity index (χ3n) is 2.27. The van der Waals surface area contributed by atoms with Crippen LogP contribution >= 0.6 is 37.3 Å². The molecular weight excluding hydrogens is 262 g/mol. The van der Waals surface area contributed by atoms with Gasteiger partial charge in [0.2, 0.25) is 0 Å². The molecule has 5 heteroatoms. The summed E-state index contributed by atoms with van der Waals surface area (Å²) < 4.78 is 5.42. The maximum absolute atomic E-state index is 5.42. The van der Waals surface area contributed by atoms with Gasteiger partial charge in [-0.25, -0.2) is 0 Å². The van der Waals surface area contributed by atoms with Crippen LogP contribution in [0.1, 0.15) is 18.4 Å². The van der Waals surface area contributed by atoms with Gasteiger partial charge in [0, 0.05) is 0 Å². The number of benzene rings is 1. The third kappa shape index (κ3) is 4.20. The zero-order valence-electron chi connectivity index (χ0n) is 8.68. The van der Waals surface area contributed by atoms with E-state index in [-0.39, 0.29) is 17.3 Å². The lowest BCUT2D eigenvalue weighted by molar-refractivity contribution is 0.285. The summed E-state index contributed by atoms with van der Waals surface area (Å²) in [4.78, 5) is -0.103. The summed E-state index contributed by atoms with van der Waals surface area (Å²) in [5, 5.41) is 3.51. The molecule has 1 aliphatic carbocycles. The van der Waals surface area contributed by atoms with Gasteiger partial charge < -0.3 is 10.1 Å². The maximum Gasteiger partial charge on any atom is 0.258 e. The van der Waals surface area contributed by atoms with Gasteiger partial charge in [-0.05, 0) is 30.6 Å². The van der Waals surface area contributed by atoms with Crippen LogP contribution < -0.4 is 5.32 Å². The molecule has 0 heterocycles. The molecule has 2 rings (SSSR count). The molecule has 1 saturated carbocycles. The Balaban J connectivity index is 0.00000128. The van der Waals surface area contributed by atoms with Gasteiger partial charge in [0.05, 0.1) is 4.87 Å². The van der Waals surface area contributed by atoms with Crippen LogP contribution in [-0.2, 0) is 11.3 Å². The molecule has 88 valence electrons. The second-order valence-corrected chi connectivity index (χ2v) is 4.95. The Morgan fingerprint density at radius 2 is 2.00 bits per heavy atom. The Morgan fingerprint density at radius 3 is 2.56 bits per heavy atom. The van der Waals surface area contributed by atoms with Gasteiger partial charge in [-0.2, -0.15) is 12.6 Å². The van der Waals surface area contributed by atoms with E-state index in [2.05, 4.69) is 17.9 Å². The van der Waals surface area contributed by atoms with Gasteiger partial charge in [0.15, 0.2) is 0 Å². The molecule has 2 nitrogen and oxygen atoms in total. The van der Waals surface area contributed by atoms with Gasteiger partial charge in [0.25, 0.3) is 5.17 Å². The van der Waals surface area contributed by atoms with E-state index in [1.54, 1.807) is 0 Å². The van der Waals surface area contributed by atoms with E-state index in [4.69, 9.17) is 17.0 Å². The Bertz CT molecular complexity index is 354. The van der Waals surface area contributed by atoms with Crippen molar-refractivity contribution in [3.63, 3.8) is 0 Å². The Labute approximate surface area is 113 Å². The molecule has 0 amide bonds. The summed E-state index contributed by atoms with van der Waals surface area (Å²) in [6.45, 7) is 0.510. The van der Waals surface area contributed by atoms with E-state index >= 15 is 0 Å². The SMILES string of the molecule is Cl.S=C(NC1(S)CC1)OCc1ccccc1. The number of ether oxygens (including phenoxy) is 1. The third-order valence-corrected chi connectivity index (χ3v) is 3.05. The minimum Gasteiger partial charge on any atom is -0.466 e. The average molecular weight is 276 g/mol. The normalized spacial score (nSPS) is 15.8. The molecule has 1 aliphatic rings. The van der Waals surface area contributed by atoms with E-state index in [1.165, 1.54) is 0 Å². The van der Waals surface area contributed by atoms with Gasteiger partial charge in [-0.1, -0.05) is 30.3 Å². The quantitative estimate of drug-likeness (QED) is 0.503. The molecule has 0 atom stereocenters. The maximum atomic E-state index is 5.42. The summed E-state index contributed by atoms with van der Waals surface area (Å²) in [5.74, 6) is 0. The summed E-state index contributed by atoms with van der Waals surface area (Å²) in [6, 6.07) is 9.96. The number of nitrogens with one attached hydrogen (secondary N) is 1. The fraction of sp³-hybridized carbons (Fsp3) is 0.364. The highest BCUT2D eigenvalue weighted by atomic mass is 35.5. The number of hydrogen-bond donors (Lipinski definition) is 2. The number of halogens is 1. The number of rotatable bonds is 3. The average Bonchev–Trinajstić information content (AvgIpc) is 2.95. The van der Waals surface area contributed by atoms with Crippen molar-refractivity contribution in [3.05, 3.63) is 35.9 Å². The van der Waals surface area contributed by atoms with Crippen molar-refractivity contribution in [2.75, 3.05) is 0 Å². The highest BCUT2D eigenvalue weighted by Crippen LogP contribution is 2.38. The van der Waals surface area contributed by atoms with Crippen LogP contribution in [-0.4, -0.2) is 10.0 Å². The Hall–Kier alpha value is -0.450.